The average Bonchev–Trinajstić information content (AvgIpc) is 2.90. The van der Waals surface area contributed by atoms with Gasteiger partial charge in [-0.1, -0.05) is 5.16 Å². The second-order valence-electron chi connectivity index (χ2n) is 5.22. The lowest BCUT2D eigenvalue weighted by molar-refractivity contribution is -0.149. The second kappa shape index (κ2) is 5.69. The standard InChI is InChI=1S/C13H20N2O4/c1-4-18-12(16)13(2,3)11-14-10(15-19-11)9-6-5-7-17-8-9/h9H,4-8H2,1-3H3. The van der Waals surface area contributed by atoms with Gasteiger partial charge in [0.2, 0.25) is 5.89 Å². The Balaban J connectivity index is 2.13. The van der Waals surface area contributed by atoms with E-state index in [1.54, 1.807) is 20.8 Å². The van der Waals surface area contributed by atoms with E-state index in [9.17, 15) is 4.79 Å². The minimum atomic E-state index is -0.920. The Morgan fingerprint density at radius 3 is 2.95 bits per heavy atom. The molecular formula is C13H20N2O4. The van der Waals surface area contributed by atoms with Crippen molar-refractivity contribution < 1.29 is 18.8 Å². The number of esters is 1. The van der Waals surface area contributed by atoms with Gasteiger partial charge in [0.15, 0.2) is 5.82 Å². The first-order chi connectivity index (χ1) is 9.05. The predicted molar refractivity (Wildman–Crippen MR) is 66.8 cm³/mol. The summed E-state index contributed by atoms with van der Waals surface area (Å²) in [4.78, 5) is 16.2. The molecular weight excluding hydrogens is 248 g/mol. The first-order valence-corrected chi connectivity index (χ1v) is 6.64. The molecule has 0 N–H and O–H groups in total. The Kier molecular flexibility index (Phi) is 4.19. The highest BCUT2D eigenvalue weighted by molar-refractivity contribution is 5.80. The van der Waals surface area contributed by atoms with E-state index in [1.165, 1.54) is 0 Å². The van der Waals surface area contributed by atoms with Crippen LogP contribution in [0, 0.1) is 0 Å². The maximum absolute atomic E-state index is 11.9. The lowest BCUT2D eigenvalue weighted by atomic mass is 9.93. The summed E-state index contributed by atoms with van der Waals surface area (Å²) < 4.78 is 15.7. The Hall–Kier alpha value is -1.43. The van der Waals surface area contributed by atoms with Gasteiger partial charge >= 0.3 is 5.97 Å². The van der Waals surface area contributed by atoms with Gasteiger partial charge in [-0.15, -0.1) is 0 Å². The predicted octanol–water partition coefficient (Wildman–Crippen LogP) is 1.80. The van der Waals surface area contributed by atoms with Gasteiger partial charge in [0, 0.05) is 12.5 Å². The minimum Gasteiger partial charge on any atom is -0.465 e. The van der Waals surface area contributed by atoms with Gasteiger partial charge in [-0.05, 0) is 33.6 Å². The fourth-order valence-corrected chi connectivity index (χ4v) is 2.00. The van der Waals surface area contributed by atoms with E-state index >= 15 is 0 Å². The number of ether oxygens (including phenoxy) is 2. The number of aromatic nitrogens is 2. The Morgan fingerprint density at radius 1 is 1.53 bits per heavy atom. The van der Waals surface area contributed by atoms with E-state index in [2.05, 4.69) is 10.1 Å². The van der Waals surface area contributed by atoms with Gasteiger partial charge in [-0.2, -0.15) is 4.98 Å². The van der Waals surface area contributed by atoms with Crippen molar-refractivity contribution in [2.75, 3.05) is 19.8 Å². The summed E-state index contributed by atoms with van der Waals surface area (Å²) >= 11 is 0. The fourth-order valence-electron chi connectivity index (χ4n) is 2.00. The molecule has 2 heterocycles. The molecule has 6 nitrogen and oxygen atoms in total. The summed E-state index contributed by atoms with van der Waals surface area (Å²) in [6.45, 7) is 6.94. The molecule has 1 aliphatic rings. The van der Waals surface area contributed by atoms with Crippen molar-refractivity contribution in [2.24, 2.45) is 0 Å². The molecule has 0 saturated carbocycles. The van der Waals surface area contributed by atoms with Crippen LogP contribution >= 0.6 is 0 Å². The number of nitrogens with zero attached hydrogens (tertiary/aromatic N) is 2. The van der Waals surface area contributed by atoms with Crippen molar-refractivity contribution >= 4 is 5.97 Å². The van der Waals surface area contributed by atoms with E-state index < -0.39 is 5.41 Å². The molecule has 0 spiro atoms. The third-order valence-electron chi connectivity index (χ3n) is 3.29. The van der Waals surface area contributed by atoms with Crippen molar-refractivity contribution in [1.82, 2.24) is 10.1 Å². The van der Waals surface area contributed by atoms with Gasteiger partial charge in [-0.3, -0.25) is 4.79 Å². The molecule has 0 aliphatic carbocycles. The molecule has 2 rings (SSSR count). The van der Waals surface area contributed by atoms with Crippen molar-refractivity contribution in [3.63, 3.8) is 0 Å². The molecule has 0 aromatic carbocycles. The monoisotopic (exact) mass is 268 g/mol. The largest absolute Gasteiger partial charge is 0.465 e. The summed E-state index contributed by atoms with van der Waals surface area (Å²) in [6, 6.07) is 0. The van der Waals surface area contributed by atoms with Gasteiger partial charge in [-0.25, -0.2) is 0 Å². The lowest BCUT2D eigenvalue weighted by Gasteiger charge is -2.19. The van der Waals surface area contributed by atoms with Gasteiger partial charge < -0.3 is 14.0 Å². The van der Waals surface area contributed by atoms with Crippen molar-refractivity contribution in [2.45, 2.75) is 44.9 Å². The quantitative estimate of drug-likeness (QED) is 0.775. The van der Waals surface area contributed by atoms with Crippen molar-refractivity contribution in [3.8, 4) is 0 Å². The van der Waals surface area contributed by atoms with E-state index in [0.29, 0.717) is 24.9 Å². The number of carbonyl (C=O) groups is 1. The van der Waals surface area contributed by atoms with Gasteiger partial charge in [0.1, 0.15) is 5.41 Å². The molecule has 1 unspecified atom stereocenters. The summed E-state index contributed by atoms with van der Waals surface area (Å²) in [7, 11) is 0. The van der Waals surface area contributed by atoms with Crippen LogP contribution in [0.1, 0.15) is 51.2 Å². The van der Waals surface area contributed by atoms with E-state index in [1.807, 2.05) is 0 Å². The molecule has 1 aromatic rings. The zero-order valence-corrected chi connectivity index (χ0v) is 11.6. The zero-order chi connectivity index (χ0) is 13.9. The van der Waals surface area contributed by atoms with E-state index in [-0.39, 0.29) is 11.9 Å². The molecule has 0 bridgehead atoms. The molecule has 6 heteroatoms. The van der Waals surface area contributed by atoms with Crippen LogP contribution in [0.2, 0.25) is 0 Å². The summed E-state index contributed by atoms with van der Waals surface area (Å²) in [6.07, 6.45) is 1.98. The summed E-state index contributed by atoms with van der Waals surface area (Å²) in [5, 5.41) is 3.97. The molecule has 1 atom stereocenters. The zero-order valence-electron chi connectivity index (χ0n) is 11.6. The third-order valence-corrected chi connectivity index (χ3v) is 3.29. The van der Waals surface area contributed by atoms with Crippen LogP contribution < -0.4 is 0 Å². The fraction of sp³-hybridized carbons (Fsp3) is 0.769. The van der Waals surface area contributed by atoms with Crippen LogP contribution in [0.3, 0.4) is 0 Å². The van der Waals surface area contributed by atoms with Crippen LogP contribution in [-0.2, 0) is 19.7 Å². The summed E-state index contributed by atoms with van der Waals surface area (Å²) in [5.74, 6) is 0.716. The molecule has 1 saturated heterocycles. The summed E-state index contributed by atoms with van der Waals surface area (Å²) in [5.41, 5.74) is -0.920. The third kappa shape index (κ3) is 2.94. The highest BCUT2D eigenvalue weighted by Gasteiger charge is 2.38. The molecule has 19 heavy (non-hydrogen) atoms. The van der Waals surface area contributed by atoms with Crippen LogP contribution in [0.25, 0.3) is 0 Å². The van der Waals surface area contributed by atoms with E-state index in [4.69, 9.17) is 14.0 Å². The number of hydrogen-bond acceptors (Lipinski definition) is 6. The van der Waals surface area contributed by atoms with Crippen LogP contribution in [0.15, 0.2) is 4.52 Å². The Morgan fingerprint density at radius 2 is 2.32 bits per heavy atom. The molecule has 0 radical (unpaired) electrons. The average molecular weight is 268 g/mol. The number of rotatable bonds is 4. The van der Waals surface area contributed by atoms with Crippen LogP contribution in [0.4, 0.5) is 0 Å². The molecule has 1 aromatic heterocycles. The Bertz CT molecular complexity index is 436. The molecule has 106 valence electrons. The molecule has 0 amide bonds. The normalized spacial score (nSPS) is 20.3. The maximum Gasteiger partial charge on any atom is 0.321 e. The first kappa shape index (κ1) is 14.0. The SMILES string of the molecule is CCOC(=O)C(C)(C)c1nc(C2CCCOC2)no1. The first-order valence-electron chi connectivity index (χ1n) is 6.64. The van der Waals surface area contributed by atoms with Gasteiger partial charge in [0.25, 0.3) is 0 Å². The second-order valence-corrected chi connectivity index (χ2v) is 5.22. The van der Waals surface area contributed by atoms with Crippen LogP contribution in [-0.4, -0.2) is 35.9 Å². The number of carbonyl (C=O) groups excluding carboxylic acids is 1. The highest BCUT2D eigenvalue weighted by atomic mass is 16.5. The molecule has 1 aliphatic heterocycles. The van der Waals surface area contributed by atoms with Gasteiger partial charge in [0.05, 0.1) is 13.2 Å². The van der Waals surface area contributed by atoms with E-state index in [0.717, 1.165) is 19.4 Å². The topological polar surface area (TPSA) is 74.5 Å². The van der Waals surface area contributed by atoms with Crippen molar-refractivity contribution in [3.05, 3.63) is 11.7 Å². The smallest absolute Gasteiger partial charge is 0.321 e. The molecule has 1 fully saturated rings. The van der Waals surface area contributed by atoms with Crippen molar-refractivity contribution in [1.29, 1.82) is 0 Å². The lowest BCUT2D eigenvalue weighted by Crippen LogP contribution is -2.31. The Labute approximate surface area is 112 Å². The minimum absolute atomic E-state index is 0.157. The highest BCUT2D eigenvalue weighted by Crippen LogP contribution is 2.27. The maximum atomic E-state index is 11.9. The number of hydrogen-bond donors (Lipinski definition) is 0. The van der Waals surface area contributed by atoms with Crippen LogP contribution in [0.5, 0.6) is 0 Å².